The topological polar surface area (TPSA) is 81.8 Å². The van der Waals surface area contributed by atoms with Gasteiger partial charge in [0.25, 0.3) is 0 Å². The van der Waals surface area contributed by atoms with E-state index in [4.69, 9.17) is 15.0 Å². The molecule has 7 heavy (non-hydrogen) atoms. The summed E-state index contributed by atoms with van der Waals surface area (Å²) in [6.07, 6.45) is 0. The molecule has 0 rings (SSSR count). The second-order valence-electron chi connectivity index (χ2n) is 0.380. The van der Waals surface area contributed by atoms with Crippen molar-refractivity contribution in [2.24, 2.45) is 5.34 Å². The van der Waals surface area contributed by atoms with Gasteiger partial charge in [0.15, 0.2) is 5.09 Å². The van der Waals surface area contributed by atoms with Gasteiger partial charge in [-0.25, -0.2) is 10.1 Å². The van der Waals surface area contributed by atoms with E-state index >= 15 is 0 Å². The van der Waals surface area contributed by atoms with Crippen molar-refractivity contribution in [1.82, 2.24) is 0 Å². The fourth-order valence-corrected chi connectivity index (χ4v) is 0.0272. The molecule has 0 fully saturated rings. The fourth-order valence-electron chi connectivity index (χ4n) is 0.0272. The molecule has 6 nitrogen and oxygen atoms in total. The maximum absolute atomic E-state index is 8.89. The van der Waals surface area contributed by atoms with Crippen LogP contribution in [0.3, 0.4) is 0 Å². The van der Waals surface area contributed by atoms with Crippen LogP contribution in [0.2, 0.25) is 0 Å². The third-order valence-electron chi connectivity index (χ3n) is 0.100. The second-order valence-corrected chi connectivity index (χ2v) is 0.380. The molecule has 0 aromatic rings. The van der Waals surface area contributed by atoms with Gasteiger partial charge in [-0.2, -0.15) is 0 Å². The largest absolute Gasteiger partial charge is 0.354 e. The Morgan fingerprint density at radius 2 is 2.14 bits per heavy atom. The maximum atomic E-state index is 8.89. The Labute approximate surface area is 52.1 Å². The van der Waals surface area contributed by atoms with Crippen molar-refractivity contribution in [3.05, 3.63) is 15.0 Å². The van der Waals surface area contributed by atoms with Crippen LogP contribution in [0.5, 0.6) is 0 Å². The summed E-state index contributed by atoms with van der Waals surface area (Å²) in [6.45, 7) is 0. The number of hydrogen-bond donors (Lipinski definition) is 0. The van der Waals surface area contributed by atoms with Crippen molar-refractivity contribution in [3.8, 4) is 0 Å². The first-order valence-corrected chi connectivity index (χ1v) is 0.913. The first kappa shape index (κ1) is 9.70. The predicted octanol–water partition coefficient (Wildman–Crippen LogP) is -0.126. The number of nitrogens with zero attached hydrogens (tertiary/aromatic N) is 2. The molecule has 0 heterocycles. The summed E-state index contributed by atoms with van der Waals surface area (Å²) in [7, 11) is 0. The molecule has 0 amide bonds. The Bertz CT molecular complexity index is 70.1. The average Bonchev–Trinajstić information content (AvgIpc) is 1.35. The van der Waals surface area contributed by atoms with Gasteiger partial charge < -0.3 is 0 Å². The maximum Gasteiger partial charge on any atom is 0.354 e. The standard InChI is InChI=1S/N2O4.Pt/c3-1-6-2(4)5;. The Hall–Kier alpha value is -0.512. The number of hydrogen-bond acceptors (Lipinski definition) is 5. The molecular formula is N2O4Pt. The van der Waals surface area contributed by atoms with Crippen LogP contribution < -0.4 is 0 Å². The van der Waals surface area contributed by atoms with Crippen LogP contribution in [-0.4, -0.2) is 5.09 Å². The Morgan fingerprint density at radius 1 is 1.71 bits per heavy atom. The monoisotopic (exact) mass is 287 g/mol. The van der Waals surface area contributed by atoms with Gasteiger partial charge in [0.05, 0.1) is 0 Å². The van der Waals surface area contributed by atoms with Crippen LogP contribution in [0.15, 0.2) is 5.34 Å². The van der Waals surface area contributed by atoms with Crippen molar-refractivity contribution in [2.75, 3.05) is 0 Å². The molecule has 0 aromatic carbocycles. The minimum absolute atomic E-state index is 0. The van der Waals surface area contributed by atoms with Crippen LogP contribution in [0, 0.1) is 15.0 Å². The van der Waals surface area contributed by atoms with Gasteiger partial charge in [-0.3, -0.25) is 0 Å². The minimum atomic E-state index is -1.30. The van der Waals surface area contributed by atoms with E-state index in [0.717, 1.165) is 0 Å². The number of rotatable bonds is 2. The van der Waals surface area contributed by atoms with Crippen LogP contribution in [0.25, 0.3) is 0 Å². The Morgan fingerprint density at radius 3 is 2.14 bits per heavy atom. The second kappa shape index (κ2) is 5.49. The molecule has 0 saturated heterocycles. The van der Waals surface area contributed by atoms with Crippen LogP contribution in [0.4, 0.5) is 0 Å². The third-order valence-corrected chi connectivity index (χ3v) is 0.100. The van der Waals surface area contributed by atoms with E-state index in [1.807, 2.05) is 0 Å². The van der Waals surface area contributed by atoms with Gasteiger partial charge in [-0.1, -0.05) is 0 Å². The first-order chi connectivity index (χ1) is 2.77. The van der Waals surface area contributed by atoms with Crippen molar-refractivity contribution in [3.63, 3.8) is 0 Å². The SMILES string of the molecule is O=NO[N+](=O)[O-].[Pt]. The van der Waals surface area contributed by atoms with E-state index < -0.39 is 5.09 Å². The molecule has 0 aliphatic carbocycles. The van der Waals surface area contributed by atoms with Gasteiger partial charge in [0.2, 0.25) is 0 Å². The zero-order valence-electron chi connectivity index (χ0n) is 2.84. The van der Waals surface area contributed by atoms with Crippen LogP contribution in [-0.2, 0) is 26.0 Å². The van der Waals surface area contributed by atoms with E-state index in [1.165, 1.54) is 5.34 Å². The molecule has 0 aliphatic rings. The zero-order chi connectivity index (χ0) is 4.99. The predicted molar refractivity (Wildman–Crippen MR) is 13.9 cm³/mol. The van der Waals surface area contributed by atoms with E-state index in [2.05, 4.69) is 4.94 Å². The molecule has 44 valence electrons. The summed E-state index contributed by atoms with van der Waals surface area (Å²) >= 11 is 0. The molecule has 0 saturated carbocycles. The molecule has 0 unspecified atom stereocenters. The van der Waals surface area contributed by atoms with Crippen molar-refractivity contribution < 1.29 is 31.1 Å². The van der Waals surface area contributed by atoms with E-state index in [-0.39, 0.29) is 21.1 Å². The Balaban J connectivity index is 0. The molecule has 0 atom stereocenters. The van der Waals surface area contributed by atoms with Crippen molar-refractivity contribution in [2.45, 2.75) is 0 Å². The van der Waals surface area contributed by atoms with E-state index in [0.29, 0.717) is 0 Å². The molecular weight excluding hydrogens is 287 g/mol. The average molecular weight is 287 g/mol. The molecule has 0 spiro atoms. The zero-order valence-corrected chi connectivity index (χ0v) is 5.12. The van der Waals surface area contributed by atoms with E-state index in [1.54, 1.807) is 0 Å². The van der Waals surface area contributed by atoms with Gasteiger partial charge >= 0.3 is 5.34 Å². The smallest absolute Gasteiger partial charge is 0.218 e. The van der Waals surface area contributed by atoms with Crippen LogP contribution in [0.1, 0.15) is 0 Å². The fraction of sp³-hybridized carbons (Fsp3) is 0. The van der Waals surface area contributed by atoms with Crippen molar-refractivity contribution >= 4 is 0 Å². The summed E-state index contributed by atoms with van der Waals surface area (Å²) in [5, 5.41) is 9.08. The third kappa shape index (κ3) is 10.8. The van der Waals surface area contributed by atoms with Gasteiger partial charge in [-0.05, 0) is 0 Å². The molecule has 0 N–H and O–H groups in total. The first-order valence-electron chi connectivity index (χ1n) is 0.913. The summed E-state index contributed by atoms with van der Waals surface area (Å²) in [5.74, 6) is 0. The molecule has 0 radical (unpaired) electrons. The van der Waals surface area contributed by atoms with E-state index in [9.17, 15) is 0 Å². The normalized spacial score (nSPS) is 5.71. The summed E-state index contributed by atoms with van der Waals surface area (Å²) in [6, 6.07) is 0. The van der Waals surface area contributed by atoms with Gasteiger partial charge in [-0.15, -0.1) is 4.94 Å². The summed E-state index contributed by atoms with van der Waals surface area (Å²) in [5.41, 5.74) is 0. The molecule has 7 heteroatoms. The quantitative estimate of drug-likeness (QED) is 0.402. The Kier molecular flexibility index (Phi) is 7.61. The summed E-state index contributed by atoms with van der Waals surface area (Å²) < 4.78 is 0. The minimum Gasteiger partial charge on any atom is -0.218 e. The van der Waals surface area contributed by atoms with Crippen LogP contribution >= 0.6 is 0 Å². The molecule has 0 bridgehead atoms. The van der Waals surface area contributed by atoms with Gasteiger partial charge in [0, 0.05) is 26.0 Å². The summed E-state index contributed by atoms with van der Waals surface area (Å²) in [4.78, 5) is 20.4. The van der Waals surface area contributed by atoms with Gasteiger partial charge in [0.1, 0.15) is 0 Å². The van der Waals surface area contributed by atoms with Crippen molar-refractivity contribution in [1.29, 1.82) is 0 Å². The molecule has 0 aromatic heterocycles. The molecule has 0 aliphatic heterocycles.